The monoisotopic (exact) mass is 173 g/mol. The summed E-state index contributed by atoms with van der Waals surface area (Å²) in [5.41, 5.74) is 0. The summed E-state index contributed by atoms with van der Waals surface area (Å²) in [5, 5.41) is 0. The van der Waals surface area contributed by atoms with Gasteiger partial charge >= 0.3 is 5.97 Å². The zero-order valence-electron chi connectivity index (χ0n) is 5.96. The van der Waals surface area contributed by atoms with E-state index in [-0.39, 0.29) is 64.3 Å². The van der Waals surface area contributed by atoms with Gasteiger partial charge in [-0.2, -0.15) is 0 Å². The molecular formula is C5H7FKO3. The zero-order chi connectivity index (χ0) is 7.28. The molecule has 5 heteroatoms. The normalized spacial score (nSPS) is 11.0. The van der Waals surface area contributed by atoms with Gasteiger partial charge in [0.05, 0.1) is 6.61 Å². The molecule has 0 aromatic carbocycles. The van der Waals surface area contributed by atoms with Gasteiger partial charge in [0.1, 0.15) is 0 Å². The first-order chi connectivity index (χ1) is 4.22. The van der Waals surface area contributed by atoms with Crippen molar-refractivity contribution in [1.29, 1.82) is 0 Å². The Morgan fingerprint density at radius 1 is 1.80 bits per heavy atom. The van der Waals surface area contributed by atoms with Crippen LogP contribution in [0, 0.1) is 0 Å². The molecule has 0 saturated heterocycles. The number of rotatable bonds is 3. The van der Waals surface area contributed by atoms with Crippen LogP contribution in [0.2, 0.25) is 0 Å². The Kier molecular flexibility index (Phi) is 10.4. The summed E-state index contributed by atoms with van der Waals surface area (Å²) in [6, 6.07) is 0. The van der Waals surface area contributed by atoms with Crippen LogP contribution in [-0.2, 0) is 14.3 Å². The van der Waals surface area contributed by atoms with Gasteiger partial charge < -0.3 is 4.74 Å². The number of carbonyl (C=O) groups excluding carboxylic acids is 2. The third-order valence-electron chi connectivity index (χ3n) is 0.631. The molecular weight excluding hydrogens is 166 g/mol. The van der Waals surface area contributed by atoms with Crippen LogP contribution in [0.25, 0.3) is 0 Å². The second-order valence-corrected chi connectivity index (χ2v) is 1.29. The predicted octanol–water partition coefficient (Wildman–Crippen LogP) is -0.294. The van der Waals surface area contributed by atoms with Gasteiger partial charge in [0.15, 0.2) is 6.29 Å². The molecule has 0 aromatic heterocycles. The molecule has 0 aromatic rings. The second-order valence-electron chi connectivity index (χ2n) is 1.29. The van der Waals surface area contributed by atoms with E-state index in [0.717, 1.165) is 0 Å². The summed E-state index contributed by atoms with van der Waals surface area (Å²) in [6.45, 7) is 1.63. The Bertz CT molecular complexity index is 117. The molecule has 0 spiro atoms. The first kappa shape index (κ1) is 13.3. The molecule has 0 heterocycles. The van der Waals surface area contributed by atoms with Gasteiger partial charge in [-0.25, -0.2) is 9.18 Å². The van der Waals surface area contributed by atoms with Crippen molar-refractivity contribution < 1.29 is 18.7 Å². The Morgan fingerprint density at radius 2 is 2.30 bits per heavy atom. The Balaban J connectivity index is 0. The molecule has 0 fully saturated rings. The maximum absolute atomic E-state index is 11.9. The number of esters is 1. The summed E-state index contributed by atoms with van der Waals surface area (Å²) in [5.74, 6) is -1.12. The van der Waals surface area contributed by atoms with E-state index >= 15 is 0 Å². The summed E-state index contributed by atoms with van der Waals surface area (Å²) in [7, 11) is 0. The molecule has 0 amide bonds. The van der Waals surface area contributed by atoms with Gasteiger partial charge in [-0.1, -0.05) is 0 Å². The van der Waals surface area contributed by atoms with E-state index in [1.165, 1.54) is 6.92 Å². The van der Waals surface area contributed by atoms with Gasteiger partial charge in [0, 0.05) is 51.4 Å². The average molecular weight is 173 g/mol. The van der Waals surface area contributed by atoms with Crippen LogP contribution < -0.4 is 0 Å². The van der Waals surface area contributed by atoms with E-state index in [2.05, 4.69) is 4.74 Å². The van der Waals surface area contributed by atoms with Gasteiger partial charge in [0.25, 0.3) is 6.17 Å². The van der Waals surface area contributed by atoms with Gasteiger partial charge in [-0.05, 0) is 6.92 Å². The van der Waals surface area contributed by atoms with Crippen molar-refractivity contribution in [2.75, 3.05) is 6.61 Å². The molecule has 1 radical (unpaired) electrons. The second kappa shape index (κ2) is 7.81. The first-order valence-electron chi connectivity index (χ1n) is 2.48. The minimum absolute atomic E-state index is 0. The molecule has 0 bridgehead atoms. The molecule has 1 unspecified atom stereocenters. The number of ether oxygens (including phenoxy) is 1. The molecule has 0 saturated carbocycles. The van der Waals surface area contributed by atoms with Crippen molar-refractivity contribution in [1.82, 2.24) is 0 Å². The van der Waals surface area contributed by atoms with Crippen molar-refractivity contribution in [2.45, 2.75) is 13.1 Å². The molecule has 0 aliphatic carbocycles. The third kappa shape index (κ3) is 5.49. The van der Waals surface area contributed by atoms with E-state index in [1.54, 1.807) is 0 Å². The Hall–Kier alpha value is 0.706. The maximum Gasteiger partial charge on any atom is 0.348 e. The van der Waals surface area contributed by atoms with Crippen LogP contribution in [0.4, 0.5) is 4.39 Å². The van der Waals surface area contributed by atoms with E-state index in [9.17, 15) is 14.0 Å². The molecule has 10 heavy (non-hydrogen) atoms. The van der Waals surface area contributed by atoms with Crippen LogP contribution in [0.5, 0.6) is 0 Å². The molecule has 3 nitrogen and oxygen atoms in total. The van der Waals surface area contributed by atoms with Gasteiger partial charge in [-0.15, -0.1) is 0 Å². The maximum atomic E-state index is 11.9. The number of alkyl halides is 1. The number of hydrogen-bond donors (Lipinski definition) is 0. The quantitative estimate of drug-likeness (QED) is 0.255. The standard InChI is InChI=1S/C5H7FO3.K/c1-2-9-5(8)4(6)3-7;/h3-4H,2H2,1H3;. The zero-order valence-corrected chi connectivity index (χ0v) is 9.09. The molecule has 1 atom stereocenters. The van der Waals surface area contributed by atoms with Crippen LogP contribution in [-0.4, -0.2) is 76.4 Å². The topological polar surface area (TPSA) is 43.4 Å². The van der Waals surface area contributed by atoms with E-state index < -0.39 is 12.1 Å². The fourth-order valence-corrected chi connectivity index (χ4v) is 0.277. The van der Waals surface area contributed by atoms with E-state index in [1.807, 2.05) is 0 Å². The van der Waals surface area contributed by atoms with Crippen molar-refractivity contribution in [3.8, 4) is 0 Å². The van der Waals surface area contributed by atoms with Crippen LogP contribution in [0.1, 0.15) is 6.92 Å². The van der Waals surface area contributed by atoms with Crippen LogP contribution in [0.15, 0.2) is 0 Å². The average Bonchev–Trinajstić information content (AvgIpc) is 1.87. The van der Waals surface area contributed by atoms with Gasteiger partial charge in [-0.3, -0.25) is 4.79 Å². The molecule has 0 aliphatic rings. The summed E-state index contributed by atoms with van der Waals surface area (Å²) < 4.78 is 16.0. The summed E-state index contributed by atoms with van der Waals surface area (Å²) >= 11 is 0. The van der Waals surface area contributed by atoms with Gasteiger partial charge in [0.2, 0.25) is 0 Å². The fourth-order valence-electron chi connectivity index (χ4n) is 0.277. The third-order valence-corrected chi connectivity index (χ3v) is 0.631. The Morgan fingerprint density at radius 3 is 2.60 bits per heavy atom. The molecule has 0 aliphatic heterocycles. The number of halogens is 1. The van der Waals surface area contributed by atoms with E-state index in [4.69, 9.17) is 0 Å². The fraction of sp³-hybridized carbons (Fsp3) is 0.600. The summed E-state index contributed by atoms with van der Waals surface area (Å²) in [6.07, 6.45) is -2.22. The van der Waals surface area contributed by atoms with E-state index in [0.29, 0.717) is 0 Å². The smallest absolute Gasteiger partial charge is 0.348 e. The Labute approximate surface area is 101 Å². The number of carbonyl (C=O) groups is 2. The SMILES string of the molecule is CCOC(=O)C(F)C=O.[K]. The van der Waals surface area contributed by atoms with Crippen LogP contribution >= 0.6 is 0 Å². The molecule has 0 N–H and O–H groups in total. The van der Waals surface area contributed by atoms with Crippen molar-refractivity contribution in [2.24, 2.45) is 0 Å². The van der Waals surface area contributed by atoms with Crippen LogP contribution in [0.3, 0.4) is 0 Å². The number of hydrogen-bond acceptors (Lipinski definition) is 3. The minimum atomic E-state index is -2.12. The minimum Gasteiger partial charge on any atom is -0.464 e. The predicted molar refractivity (Wildman–Crippen MR) is 33.3 cm³/mol. The van der Waals surface area contributed by atoms with Crippen molar-refractivity contribution >= 4 is 63.6 Å². The van der Waals surface area contributed by atoms with Crippen molar-refractivity contribution in [3.05, 3.63) is 0 Å². The molecule has 0 rings (SSSR count). The van der Waals surface area contributed by atoms with Crippen molar-refractivity contribution in [3.63, 3.8) is 0 Å². The first-order valence-corrected chi connectivity index (χ1v) is 2.48. The summed E-state index contributed by atoms with van der Waals surface area (Å²) in [4.78, 5) is 19.7. The number of aldehydes is 1. The largest absolute Gasteiger partial charge is 0.464 e. The molecule has 53 valence electrons.